The number of nitrogens with zero attached hydrogens (tertiary/aromatic N) is 4. The molecule has 0 radical (unpaired) electrons. The summed E-state index contributed by atoms with van der Waals surface area (Å²) in [5.41, 5.74) is 1.89. The van der Waals surface area contributed by atoms with Gasteiger partial charge in [-0.2, -0.15) is 0 Å². The highest BCUT2D eigenvalue weighted by atomic mass is 16.5. The average molecular weight is 391 g/mol. The molecule has 0 bridgehead atoms. The molecule has 1 N–H and O–H groups in total. The van der Waals surface area contributed by atoms with Crippen LogP contribution in [-0.2, 0) is 6.54 Å². The number of carbonyl (C=O) groups excluding carboxylic acids is 2. The van der Waals surface area contributed by atoms with E-state index in [0.717, 1.165) is 5.56 Å². The van der Waals surface area contributed by atoms with Crippen molar-refractivity contribution in [2.75, 3.05) is 20.2 Å². The number of benzene rings is 2. The largest absolute Gasteiger partial charge is 0.497 e. The molecular weight excluding hydrogens is 370 g/mol. The molecular formula is C21H21N5O3. The molecule has 1 saturated heterocycles. The number of methoxy groups -OCH3 is 1. The minimum Gasteiger partial charge on any atom is -0.497 e. The fourth-order valence-corrected chi connectivity index (χ4v) is 3.13. The summed E-state index contributed by atoms with van der Waals surface area (Å²) in [5.74, 6) is 0.402. The first-order valence-corrected chi connectivity index (χ1v) is 9.31. The van der Waals surface area contributed by atoms with Crippen LogP contribution < -0.4 is 10.1 Å². The van der Waals surface area contributed by atoms with Crippen LogP contribution >= 0.6 is 0 Å². The van der Waals surface area contributed by atoms with Gasteiger partial charge in [0.1, 0.15) is 5.75 Å². The third kappa shape index (κ3) is 4.11. The smallest absolute Gasteiger partial charge is 0.273 e. The van der Waals surface area contributed by atoms with E-state index in [1.807, 2.05) is 30.3 Å². The maximum absolute atomic E-state index is 12.5. The SMILES string of the molecule is COc1ccc(C(=O)N2CC(n3cc(C(=O)NCc4ccccc4)nn3)C2)cc1. The minimum atomic E-state index is -0.273. The van der Waals surface area contributed by atoms with Crippen LogP contribution in [0.4, 0.5) is 0 Å². The lowest BCUT2D eigenvalue weighted by molar-refractivity contribution is 0.0498. The highest BCUT2D eigenvalue weighted by Crippen LogP contribution is 2.23. The van der Waals surface area contributed by atoms with E-state index in [2.05, 4.69) is 15.6 Å². The van der Waals surface area contributed by atoms with Gasteiger partial charge in [0.15, 0.2) is 5.69 Å². The van der Waals surface area contributed by atoms with E-state index in [9.17, 15) is 9.59 Å². The molecule has 148 valence electrons. The second-order valence-corrected chi connectivity index (χ2v) is 6.84. The van der Waals surface area contributed by atoms with Gasteiger partial charge < -0.3 is 15.0 Å². The van der Waals surface area contributed by atoms with Gasteiger partial charge in [-0.1, -0.05) is 35.5 Å². The Morgan fingerprint density at radius 1 is 1.10 bits per heavy atom. The molecule has 3 aromatic rings. The Kier molecular flexibility index (Phi) is 5.24. The van der Waals surface area contributed by atoms with Crippen molar-refractivity contribution >= 4 is 11.8 Å². The highest BCUT2D eigenvalue weighted by Gasteiger charge is 2.33. The van der Waals surface area contributed by atoms with E-state index in [0.29, 0.717) is 30.9 Å². The Morgan fingerprint density at radius 3 is 2.52 bits per heavy atom. The molecule has 1 aliphatic rings. The lowest BCUT2D eigenvalue weighted by atomic mass is 10.1. The Balaban J connectivity index is 1.30. The van der Waals surface area contributed by atoms with Gasteiger partial charge in [-0.25, -0.2) is 4.68 Å². The van der Waals surface area contributed by atoms with Crippen LogP contribution in [0.5, 0.6) is 5.75 Å². The van der Waals surface area contributed by atoms with E-state index < -0.39 is 0 Å². The number of aromatic nitrogens is 3. The molecule has 29 heavy (non-hydrogen) atoms. The predicted octanol–water partition coefficient (Wildman–Crippen LogP) is 1.91. The molecule has 4 rings (SSSR count). The van der Waals surface area contributed by atoms with Crippen molar-refractivity contribution in [3.8, 4) is 5.75 Å². The first-order chi connectivity index (χ1) is 14.1. The van der Waals surface area contributed by atoms with Crippen molar-refractivity contribution in [3.63, 3.8) is 0 Å². The molecule has 0 unspecified atom stereocenters. The Hall–Kier alpha value is -3.68. The summed E-state index contributed by atoms with van der Waals surface area (Å²) >= 11 is 0. The number of nitrogens with one attached hydrogen (secondary N) is 1. The lowest BCUT2D eigenvalue weighted by Crippen LogP contribution is -2.50. The zero-order chi connectivity index (χ0) is 20.2. The maximum atomic E-state index is 12.5. The van der Waals surface area contributed by atoms with Crippen LogP contribution in [0, 0.1) is 0 Å². The van der Waals surface area contributed by atoms with Gasteiger partial charge in [-0.15, -0.1) is 5.10 Å². The molecule has 2 amide bonds. The molecule has 1 aromatic heterocycles. The van der Waals surface area contributed by atoms with Gasteiger partial charge in [-0.3, -0.25) is 9.59 Å². The second-order valence-electron chi connectivity index (χ2n) is 6.84. The Labute approximate surface area is 168 Å². The van der Waals surface area contributed by atoms with Gasteiger partial charge in [0.2, 0.25) is 0 Å². The third-order valence-electron chi connectivity index (χ3n) is 4.90. The number of likely N-dealkylation sites (tertiary alicyclic amines) is 1. The van der Waals surface area contributed by atoms with Crippen molar-refractivity contribution in [3.05, 3.63) is 77.6 Å². The van der Waals surface area contributed by atoms with Crippen LogP contribution in [0.3, 0.4) is 0 Å². The summed E-state index contributed by atoms with van der Waals surface area (Å²) in [4.78, 5) is 26.5. The zero-order valence-electron chi connectivity index (χ0n) is 16.0. The lowest BCUT2D eigenvalue weighted by Gasteiger charge is -2.38. The fourth-order valence-electron chi connectivity index (χ4n) is 3.13. The zero-order valence-corrected chi connectivity index (χ0v) is 16.0. The van der Waals surface area contributed by atoms with Crippen LogP contribution in [0.2, 0.25) is 0 Å². The molecule has 0 saturated carbocycles. The molecule has 0 spiro atoms. The second kappa shape index (κ2) is 8.14. The van der Waals surface area contributed by atoms with E-state index in [1.54, 1.807) is 47.2 Å². The van der Waals surface area contributed by atoms with Crippen LogP contribution in [0.1, 0.15) is 32.5 Å². The van der Waals surface area contributed by atoms with Gasteiger partial charge in [-0.05, 0) is 29.8 Å². The summed E-state index contributed by atoms with van der Waals surface area (Å²) in [7, 11) is 1.59. The summed E-state index contributed by atoms with van der Waals surface area (Å²) in [5, 5.41) is 10.8. The number of carbonyl (C=O) groups is 2. The summed E-state index contributed by atoms with van der Waals surface area (Å²) in [6.45, 7) is 1.48. The number of hydrogen-bond acceptors (Lipinski definition) is 5. The third-order valence-corrected chi connectivity index (χ3v) is 4.90. The standard InChI is InChI=1S/C21H21N5O3/c1-29-18-9-7-16(8-10-18)21(28)25-12-17(13-25)26-14-19(23-24-26)20(27)22-11-15-5-3-2-4-6-15/h2-10,14,17H,11-13H2,1H3,(H,22,27). The summed E-state index contributed by atoms with van der Waals surface area (Å²) < 4.78 is 6.76. The van der Waals surface area contributed by atoms with Crippen molar-refractivity contribution in [1.29, 1.82) is 0 Å². The Morgan fingerprint density at radius 2 is 1.83 bits per heavy atom. The topological polar surface area (TPSA) is 89.4 Å². The molecule has 0 aliphatic carbocycles. The molecule has 2 heterocycles. The van der Waals surface area contributed by atoms with Crippen molar-refractivity contribution < 1.29 is 14.3 Å². The van der Waals surface area contributed by atoms with Crippen LogP contribution in [-0.4, -0.2) is 51.9 Å². The van der Waals surface area contributed by atoms with Gasteiger partial charge in [0, 0.05) is 25.2 Å². The minimum absolute atomic E-state index is 0.0142. The molecule has 0 atom stereocenters. The molecule has 2 aromatic carbocycles. The van der Waals surface area contributed by atoms with Crippen molar-refractivity contribution in [2.24, 2.45) is 0 Å². The van der Waals surface area contributed by atoms with Gasteiger partial charge >= 0.3 is 0 Å². The van der Waals surface area contributed by atoms with Crippen molar-refractivity contribution in [2.45, 2.75) is 12.6 Å². The van der Waals surface area contributed by atoms with Crippen molar-refractivity contribution in [1.82, 2.24) is 25.2 Å². The quantitative estimate of drug-likeness (QED) is 0.693. The maximum Gasteiger partial charge on any atom is 0.273 e. The van der Waals surface area contributed by atoms with E-state index >= 15 is 0 Å². The van der Waals surface area contributed by atoms with Crippen LogP contribution in [0.15, 0.2) is 60.8 Å². The number of amides is 2. The Bertz CT molecular complexity index is 995. The summed E-state index contributed by atoms with van der Waals surface area (Å²) in [6.07, 6.45) is 1.63. The van der Waals surface area contributed by atoms with Gasteiger partial charge in [0.05, 0.1) is 19.3 Å². The average Bonchev–Trinajstić information content (AvgIpc) is 3.21. The fraction of sp³-hybridized carbons (Fsp3) is 0.238. The van der Waals surface area contributed by atoms with Crippen LogP contribution in [0.25, 0.3) is 0 Å². The number of rotatable bonds is 6. The number of hydrogen-bond donors (Lipinski definition) is 1. The molecule has 8 nitrogen and oxygen atoms in total. The normalized spacial score (nSPS) is 13.6. The first kappa shape index (κ1) is 18.7. The first-order valence-electron chi connectivity index (χ1n) is 9.31. The number of ether oxygens (including phenoxy) is 1. The predicted molar refractivity (Wildman–Crippen MR) is 106 cm³/mol. The van der Waals surface area contributed by atoms with E-state index in [1.165, 1.54) is 0 Å². The van der Waals surface area contributed by atoms with Gasteiger partial charge in [0.25, 0.3) is 11.8 Å². The summed E-state index contributed by atoms with van der Waals surface area (Å²) in [6, 6.07) is 16.7. The molecule has 8 heteroatoms. The monoisotopic (exact) mass is 391 g/mol. The van der Waals surface area contributed by atoms with E-state index in [4.69, 9.17) is 4.74 Å². The highest BCUT2D eigenvalue weighted by molar-refractivity contribution is 5.95. The molecule has 1 aliphatic heterocycles. The molecule has 1 fully saturated rings. The van der Waals surface area contributed by atoms with E-state index in [-0.39, 0.29) is 23.6 Å².